The molecule has 0 saturated heterocycles. The van der Waals surface area contributed by atoms with Crippen molar-refractivity contribution >= 4 is 29.3 Å². The Morgan fingerprint density at radius 1 is 1.33 bits per heavy atom. The van der Waals surface area contributed by atoms with Gasteiger partial charge in [0.05, 0.1) is 0 Å². The average Bonchev–Trinajstić information content (AvgIpc) is 3.19. The number of aromatic hydroxyl groups is 1. The molecule has 2 aromatic heterocycles. The van der Waals surface area contributed by atoms with Crippen LogP contribution in [0, 0.1) is 0 Å². The first-order valence-electron chi connectivity index (χ1n) is 10.5. The van der Waals surface area contributed by atoms with Gasteiger partial charge in [0.25, 0.3) is 0 Å². The molecule has 0 aliphatic heterocycles. The third-order valence-corrected chi connectivity index (χ3v) is 6.02. The number of carbonyl (C=O) groups excluding carboxylic acids is 1. The second-order valence-electron chi connectivity index (χ2n) is 7.58. The van der Waals surface area contributed by atoms with Crippen molar-refractivity contribution in [2.45, 2.75) is 45.4 Å². The van der Waals surface area contributed by atoms with E-state index in [4.69, 9.17) is 14.3 Å². The van der Waals surface area contributed by atoms with Crippen molar-refractivity contribution in [2.24, 2.45) is 0 Å². The first kappa shape index (κ1) is 26.1. The Kier molecular flexibility index (Phi) is 10.1. The van der Waals surface area contributed by atoms with Crippen LogP contribution in [-0.2, 0) is 11.2 Å². The van der Waals surface area contributed by atoms with Gasteiger partial charge in [-0.1, -0.05) is 13.0 Å². The van der Waals surface area contributed by atoms with Crippen LogP contribution >= 0.6 is 11.3 Å². The number of hydrogen-bond acceptors (Lipinski definition) is 7. The van der Waals surface area contributed by atoms with E-state index in [1.54, 1.807) is 37.5 Å². The first-order valence-corrected chi connectivity index (χ1v) is 11.4. The Balaban J connectivity index is 2.09. The number of amides is 1. The number of ketones is 1. The minimum absolute atomic E-state index is 0.221. The number of thiophene rings is 1. The van der Waals surface area contributed by atoms with E-state index in [1.165, 1.54) is 17.1 Å². The van der Waals surface area contributed by atoms with Gasteiger partial charge in [-0.2, -0.15) is 0 Å². The van der Waals surface area contributed by atoms with Gasteiger partial charge >= 0.3 is 11.7 Å². The van der Waals surface area contributed by atoms with E-state index in [9.17, 15) is 19.5 Å². The fourth-order valence-corrected chi connectivity index (χ4v) is 4.18. The van der Waals surface area contributed by atoms with Gasteiger partial charge < -0.3 is 19.4 Å². The van der Waals surface area contributed by atoms with Crippen molar-refractivity contribution in [3.63, 3.8) is 0 Å². The Bertz CT molecular complexity index is 1080. The summed E-state index contributed by atoms with van der Waals surface area (Å²) in [6, 6.07) is 5.21. The van der Waals surface area contributed by atoms with Crippen molar-refractivity contribution < 1.29 is 29.0 Å². The molecule has 178 valence electrons. The van der Waals surface area contributed by atoms with E-state index in [-0.39, 0.29) is 17.2 Å². The van der Waals surface area contributed by atoms with Crippen LogP contribution in [0.15, 0.2) is 45.3 Å². The van der Waals surface area contributed by atoms with Crippen LogP contribution in [-0.4, -0.2) is 35.8 Å². The zero-order valence-electron chi connectivity index (χ0n) is 18.9. The lowest BCUT2D eigenvalue weighted by molar-refractivity contribution is 0.102. The van der Waals surface area contributed by atoms with Crippen LogP contribution in [0.2, 0.25) is 0 Å². The largest absolute Gasteiger partial charge is 0.507 e. The topological polar surface area (TPSA) is 126 Å². The van der Waals surface area contributed by atoms with Gasteiger partial charge in [-0.3, -0.25) is 10.1 Å². The fourth-order valence-electron chi connectivity index (χ4n) is 3.13. The third kappa shape index (κ3) is 8.03. The van der Waals surface area contributed by atoms with E-state index in [1.807, 2.05) is 19.1 Å². The third-order valence-electron chi connectivity index (χ3n) is 4.92. The van der Waals surface area contributed by atoms with Crippen molar-refractivity contribution in [1.82, 2.24) is 5.32 Å². The van der Waals surface area contributed by atoms with Gasteiger partial charge in [0.1, 0.15) is 17.1 Å². The molecule has 0 saturated carbocycles. The molecule has 0 radical (unpaired) electrons. The summed E-state index contributed by atoms with van der Waals surface area (Å²) in [6.45, 7) is 4.09. The highest BCUT2D eigenvalue weighted by Gasteiger charge is 2.22. The zero-order valence-corrected chi connectivity index (χ0v) is 19.7. The number of aryl methyl sites for hydroxylation is 1. The molecule has 8 nitrogen and oxygen atoms in total. The second kappa shape index (κ2) is 12.8. The maximum atomic E-state index is 12.8. The molecule has 2 aromatic rings. The maximum absolute atomic E-state index is 12.8. The molecule has 0 bridgehead atoms. The van der Waals surface area contributed by atoms with E-state index in [0.717, 1.165) is 17.7 Å². The lowest BCUT2D eigenvalue weighted by Crippen LogP contribution is -2.16. The van der Waals surface area contributed by atoms with E-state index < -0.39 is 23.3 Å². The van der Waals surface area contributed by atoms with Gasteiger partial charge in [-0.25, -0.2) is 9.59 Å². The molecule has 9 heteroatoms. The summed E-state index contributed by atoms with van der Waals surface area (Å²) in [6.07, 6.45) is 6.38. The smallest absolute Gasteiger partial charge is 0.408 e. The van der Waals surface area contributed by atoms with Gasteiger partial charge in [-0.05, 0) is 56.4 Å². The normalized spacial score (nSPS) is 12.8. The van der Waals surface area contributed by atoms with Crippen molar-refractivity contribution in [2.75, 3.05) is 13.7 Å². The van der Waals surface area contributed by atoms with Crippen molar-refractivity contribution in [3.8, 4) is 5.75 Å². The number of carbonyl (C=O) groups is 2. The molecule has 0 aliphatic carbocycles. The number of rotatable bonds is 12. The summed E-state index contributed by atoms with van der Waals surface area (Å²) in [5.41, 5.74) is -0.953. The Labute approximate surface area is 196 Å². The monoisotopic (exact) mass is 475 g/mol. The molecule has 0 aliphatic rings. The molecule has 33 heavy (non-hydrogen) atoms. The molecule has 1 unspecified atom stereocenters. The standard InChI is InChI=1S/C24H29NO7S/c1-15(7-4-5-11-25-24(29)30)20-14-19(26)21(23(28)32-20)22(27)16(2)13-18-10-9-17(33-18)8-6-12-31-3/h5,9-11,13-15,25-26H,4,6-8,12H2,1-3H3,(H,29,30)/b11-5+,16-13?. The van der Waals surface area contributed by atoms with Crippen LogP contribution in [0.3, 0.4) is 0 Å². The second-order valence-corrected chi connectivity index (χ2v) is 8.78. The maximum Gasteiger partial charge on any atom is 0.408 e. The molecule has 0 aromatic carbocycles. The summed E-state index contributed by atoms with van der Waals surface area (Å²) in [7, 11) is 1.66. The molecule has 0 spiro atoms. The fraction of sp³-hybridized carbons (Fsp3) is 0.375. The quantitative estimate of drug-likeness (QED) is 0.225. The first-order chi connectivity index (χ1) is 15.7. The van der Waals surface area contributed by atoms with E-state index in [0.29, 0.717) is 25.0 Å². The van der Waals surface area contributed by atoms with Gasteiger partial charge in [-0.15, -0.1) is 11.3 Å². The summed E-state index contributed by atoms with van der Waals surface area (Å²) < 4.78 is 10.4. The molecule has 3 N–H and O–H groups in total. The van der Waals surface area contributed by atoms with Gasteiger partial charge in [0.15, 0.2) is 5.78 Å². The number of Topliss-reactive ketones (excluding diaryl/α,β-unsaturated/α-hetero) is 1. The predicted molar refractivity (Wildman–Crippen MR) is 127 cm³/mol. The number of nitrogens with one attached hydrogen (secondary N) is 1. The summed E-state index contributed by atoms with van der Waals surface area (Å²) in [5.74, 6) is -0.964. The molecule has 2 heterocycles. The molecular formula is C24H29NO7S. The van der Waals surface area contributed by atoms with Crippen LogP contribution in [0.1, 0.15) is 64.9 Å². The average molecular weight is 476 g/mol. The van der Waals surface area contributed by atoms with Crippen molar-refractivity contribution in [3.05, 3.63) is 67.5 Å². The summed E-state index contributed by atoms with van der Waals surface area (Å²) in [5, 5.41) is 21.0. The summed E-state index contributed by atoms with van der Waals surface area (Å²) >= 11 is 1.56. The Morgan fingerprint density at radius 2 is 2.09 bits per heavy atom. The lowest BCUT2D eigenvalue weighted by atomic mass is 10.00. The van der Waals surface area contributed by atoms with E-state index >= 15 is 0 Å². The van der Waals surface area contributed by atoms with Crippen LogP contribution in [0.25, 0.3) is 6.08 Å². The van der Waals surface area contributed by atoms with Gasteiger partial charge in [0.2, 0.25) is 0 Å². The highest BCUT2D eigenvalue weighted by molar-refractivity contribution is 7.12. The van der Waals surface area contributed by atoms with Crippen LogP contribution in [0.5, 0.6) is 5.75 Å². The molecule has 1 atom stereocenters. The molecular weight excluding hydrogens is 446 g/mol. The number of ether oxygens (including phenoxy) is 1. The highest BCUT2D eigenvalue weighted by atomic mass is 32.1. The van der Waals surface area contributed by atoms with Crippen LogP contribution < -0.4 is 10.9 Å². The minimum Gasteiger partial charge on any atom is -0.507 e. The number of methoxy groups -OCH3 is 1. The lowest BCUT2D eigenvalue weighted by Gasteiger charge is -2.11. The molecule has 2 rings (SSSR count). The highest BCUT2D eigenvalue weighted by Crippen LogP contribution is 2.27. The molecule has 1 amide bonds. The predicted octanol–water partition coefficient (Wildman–Crippen LogP) is 4.94. The number of carboxylic acid groups (broad SMARTS) is 1. The minimum atomic E-state index is -1.15. The molecule has 0 fully saturated rings. The Hall–Kier alpha value is -3.17. The summed E-state index contributed by atoms with van der Waals surface area (Å²) in [4.78, 5) is 37.8. The SMILES string of the molecule is COCCCc1ccc(C=C(C)C(=O)c2c(O)cc(C(C)CC/C=C/NC(=O)O)oc2=O)s1. The number of hydrogen-bond donors (Lipinski definition) is 3. The van der Waals surface area contributed by atoms with Crippen molar-refractivity contribution in [1.29, 1.82) is 0 Å². The number of allylic oxidation sites excluding steroid dienone is 2. The van der Waals surface area contributed by atoms with Gasteiger partial charge in [0, 0.05) is 41.7 Å². The van der Waals surface area contributed by atoms with E-state index in [2.05, 4.69) is 5.32 Å². The Morgan fingerprint density at radius 3 is 2.76 bits per heavy atom. The zero-order chi connectivity index (χ0) is 24.4. The van der Waals surface area contributed by atoms with Crippen LogP contribution in [0.4, 0.5) is 4.79 Å².